The standard InChI is InChI=1S/C15H21ClFNO3S/c1-6-15(4,5)14(19)10-7-13(11(16)8-12(10)17)22(20,21)18-9(2)3/h7-9,18H,6H2,1-5H3. The molecule has 0 amide bonds. The van der Waals surface area contributed by atoms with Gasteiger partial charge in [-0.05, 0) is 32.4 Å². The van der Waals surface area contributed by atoms with E-state index in [1.165, 1.54) is 0 Å². The van der Waals surface area contributed by atoms with Gasteiger partial charge in [-0.25, -0.2) is 17.5 Å². The van der Waals surface area contributed by atoms with Crippen LogP contribution < -0.4 is 4.72 Å². The summed E-state index contributed by atoms with van der Waals surface area (Å²) in [4.78, 5) is 12.1. The third-order valence-corrected chi connectivity index (χ3v) is 5.57. The summed E-state index contributed by atoms with van der Waals surface area (Å²) < 4.78 is 40.9. The first-order valence-corrected chi connectivity index (χ1v) is 8.84. The Bertz CT molecular complexity index is 684. The smallest absolute Gasteiger partial charge is 0.242 e. The molecule has 22 heavy (non-hydrogen) atoms. The van der Waals surface area contributed by atoms with Gasteiger partial charge in [0.1, 0.15) is 10.7 Å². The topological polar surface area (TPSA) is 63.2 Å². The normalized spacial score (nSPS) is 12.7. The molecular formula is C15H21ClFNO3S. The summed E-state index contributed by atoms with van der Waals surface area (Å²) in [6, 6.07) is 1.54. The second-order valence-electron chi connectivity index (χ2n) is 6.11. The van der Waals surface area contributed by atoms with E-state index in [9.17, 15) is 17.6 Å². The molecule has 4 nitrogen and oxygen atoms in total. The molecule has 124 valence electrons. The fourth-order valence-corrected chi connectivity index (χ4v) is 3.60. The molecule has 0 unspecified atom stereocenters. The average molecular weight is 350 g/mol. The number of carbonyl (C=O) groups is 1. The molecule has 0 aliphatic rings. The zero-order valence-electron chi connectivity index (χ0n) is 13.3. The predicted molar refractivity (Wildman–Crippen MR) is 85.3 cm³/mol. The van der Waals surface area contributed by atoms with Crippen molar-refractivity contribution in [3.63, 3.8) is 0 Å². The lowest BCUT2D eigenvalue weighted by atomic mass is 9.82. The summed E-state index contributed by atoms with van der Waals surface area (Å²) in [5, 5.41) is -0.253. The van der Waals surface area contributed by atoms with Gasteiger partial charge in [-0.3, -0.25) is 4.79 Å². The summed E-state index contributed by atoms with van der Waals surface area (Å²) in [7, 11) is -3.92. The van der Waals surface area contributed by atoms with Crippen LogP contribution in [0.3, 0.4) is 0 Å². The minimum atomic E-state index is -3.92. The molecule has 1 aromatic carbocycles. The summed E-state index contributed by atoms with van der Waals surface area (Å²) in [5.41, 5.74) is -1.05. The Morgan fingerprint density at radius 1 is 1.36 bits per heavy atom. The maximum absolute atomic E-state index is 14.1. The Balaban J connectivity index is 3.48. The number of ketones is 1. The fourth-order valence-electron chi connectivity index (χ4n) is 1.81. The molecule has 0 aliphatic carbocycles. The van der Waals surface area contributed by atoms with Crippen molar-refractivity contribution in [1.82, 2.24) is 4.72 Å². The van der Waals surface area contributed by atoms with Crippen molar-refractivity contribution in [2.24, 2.45) is 5.41 Å². The third kappa shape index (κ3) is 4.06. The molecular weight excluding hydrogens is 329 g/mol. The number of sulfonamides is 1. The lowest BCUT2D eigenvalue weighted by Gasteiger charge is -2.22. The van der Waals surface area contributed by atoms with Crippen molar-refractivity contribution >= 4 is 27.4 Å². The Morgan fingerprint density at radius 2 is 1.91 bits per heavy atom. The zero-order chi connectivity index (χ0) is 17.3. The molecule has 0 heterocycles. The Kier molecular flexibility index (Phi) is 5.76. The Hall–Kier alpha value is -0.980. The number of hydrogen-bond donors (Lipinski definition) is 1. The number of nitrogens with one attached hydrogen (secondary N) is 1. The highest BCUT2D eigenvalue weighted by molar-refractivity contribution is 7.89. The highest BCUT2D eigenvalue weighted by atomic mass is 35.5. The van der Waals surface area contributed by atoms with Crippen molar-refractivity contribution in [2.75, 3.05) is 0 Å². The molecule has 1 rings (SSSR count). The molecule has 1 aromatic rings. The van der Waals surface area contributed by atoms with E-state index in [0.29, 0.717) is 6.42 Å². The molecule has 0 saturated heterocycles. The summed E-state index contributed by atoms with van der Waals surface area (Å²) >= 11 is 5.85. The van der Waals surface area contributed by atoms with Gasteiger partial charge >= 0.3 is 0 Å². The van der Waals surface area contributed by atoms with E-state index in [1.54, 1.807) is 27.7 Å². The molecule has 0 spiro atoms. The van der Waals surface area contributed by atoms with Crippen LogP contribution in [0.1, 0.15) is 51.4 Å². The van der Waals surface area contributed by atoms with Gasteiger partial charge in [-0.1, -0.05) is 32.4 Å². The van der Waals surface area contributed by atoms with Crippen LogP contribution in [-0.2, 0) is 10.0 Å². The van der Waals surface area contributed by atoms with Crippen LogP contribution in [0.4, 0.5) is 4.39 Å². The SMILES string of the molecule is CCC(C)(C)C(=O)c1cc(S(=O)(=O)NC(C)C)c(Cl)cc1F. The van der Waals surface area contributed by atoms with Gasteiger partial charge in [0, 0.05) is 11.5 Å². The molecule has 0 bridgehead atoms. The summed E-state index contributed by atoms with van der Waals surface area (Å²) in [6.45, 7) is 8.49. The van der Waals surface area contributed by atoms with E-state index >= 15 is 0 Å². The molecule has 0 radical (unpaired) electrons. The van der Waals surface area contributed by atoms with E-state index in [1.807, 2.05) is 6.92 Å². The van der Waals surface area contributed by atoms with Crippen molar-refractivity contribution in [3.8, 4) is 0 Å². The van der Waals surface area contributed by atoms with E-state index in [4.69, 9.17) is 11.6 Å². The van der Waals surface area contributed by atoms with Gasteiger partial charge in [0.25, 0.3) is 0 Å². The number of benzene rings is 1. The highest BCUT2D eigenvalue weighted by Crippen LogP contribution is 2.31. The maximum atomic E-state index is 14.1. The Labute approximate surface area is 136 Å². The fraction of sp³-hybridized carbons (Fsp3) is 0.533. The van der Waals surface area contributed by atoms with E-state index in [-0.39, 0.29) is 21.5 Å². The zero-order valence-corrected chi connectivity index (χ0v) is 14.9. The van der Waals surface area contributed by atoms with Crippen LogP contribution >= 0.6 is 11.6 Å². The summed E-state index contributed by atoms with van der Waals surface area (Å²) in [5.74, 6) is -1.27. The first-order valence-electron chi connectivity index (χ1n) is 6.98. The first kappa shape index (κ1) is 19.1. The van der Waals surface area contributed by atoms with Crippen molar-refractivity contribution in [1.29, 1.82) is 0 Å². The molecule has 0 aliphatic heterocycles. The molecule has 0 aromatic heterocycles. The van der Waals surface area contributed by atoms with E-state index < -0.39 is 27.0 Å². The minimum absolute atomic E-state index is 0.253. The van der Waals surface area contributed by atoms with Crippen LogP contribution in [0.5, 0.6) is 0 Å². The van der Waals surface area contributed by atoms with Crippen LogP contribution in [0.15, 0.2) is 17.0 Å². The van der Waals surface area contributed by atoms with Crippen LogP contribution in [0.25, 0.3) is 0 Å². The largest absolute Gasteiger partial charge is 0.293 e. The quantitative estimate of drug-likeness (QED) is 0.795. The molecule has 0 fully saturated rings. The number of carbonyl (C=O) groups excluding carboxylic acids is 1. The monoisotopic (exact) mass is 349 g/mol. The van der Waals surface area contributed by atoms with Gasteiger partial charge in [0.15, 0.2) is 5.78 Å². The van der Waals surface area contributed by atoms with Gasteiger partial charge in [-0.2, -0.15) is 0 Å². The molecule has 0 saturated carbocycles. The number of hydrogen-bond acceptors (Lipinski definition) is 3. The molecule has 0 atom stereocenters. The molecule has 1 N–H and O–H groups in total. The van der Waals surface area contributed by atoms with Crippen LogP contribution in [0, 0.1) is 11.2 Å². The second-order valence-corrected chi connectivity index (χ2v) is 8.19. The highest BCUT2D eigenvalue weighted by Gasteiger charge is 2.31. The van der Waals surface area contributed by atoms with Crippen molar-refractivity contribution in [3.05, 3.63) is 28.5 Å². The van der Waals surface area contributed by atoms with Gasteiger partial charge in [0.2, 0.25) is 10.0 Å². The second kappa shape index (κ2) is 6.64. The lowest BCUT2D eigenvalue weighted by Crippen LogP contribution is -2.31. The van der Waals surface area contributed by atoms with Crippen LogP contribution in [0.2, 0.25) is 5.02 Å². The van der Waals surface area contributed by atoms with Crippen molar-refractivity contribution in [2.45, 2.75) is 52.0 Å². The first-order chi connectivity index (χ1) is 9.92. The number of halogens is 2. The lowest BCUT2D eigenvalue weighted by molar-refractivity contribution is 0.0828. The number of Topliss-reactive ketones (excluding diaryl/α,β-unsaturated/α-hetero) is 1. The third-order valence-electron chi connectivity index (χ3n) is 3.45. The van der Waals surface area contributed by atoms with Crippen LogP contribution in [-0.4, -0.2) is 20.2 Å². The molecule has 7 heteroatoms. The predicted octanol–water partition coefficient (Wildman–Crippen LogP) is 3.78. The number of rotatable bonds is 6. The van der Waals surface area contributed by atoms with Gasteiger partial charge in [-0.15, -0.1) is 0 Å². The van der Waals surface area contributed by atoms with Gasteiger partial charge in [0.05, 0.1) is 10.6 Å². The Morgan fingerprint density at radius 3 is 2.36 bits per heavy atom. The maximum Gasteiger partial charge on any atom is 0.242 e. The minimum Gasteiger partial charge on any atom is -0.293 e. The van der Waals surface area contributed by atoms with E-state index in [0.717, 1.165) is 12.1 Å². The van der Waals surface area contributed by atoms with Gasteiger partial charge < -0.3 is 0 Å². The average Bonchev–Trinajstić information content (AvgIpc) is 2.36. The summed E-state index contributed by atoms with van der Waals surface area (Å²) in [6.07, 6.45) is 0.500. The van der Waals surface area contributed by atoms with Crippen molar-refractivity contribution < 1.29 is 17.6 Å². The van der Waals surface area contributed by atoms with E-state index in [2.05, 4.69) is 4.72 Å².